The number of aliphatic hydroxyl groups is 1. The Morgan fingerprint density at radius 2 is 1.62 bits per heavy atom. The fourth-order valence-electron chi connectivity index (χ4n) is 2.32. The molecular formula is C18H22O3. The van der Waals surface area contributed by atoms with Gasteiger partial charge in [-0.1, -0.05) is 42.5 Å². The highest BCUT2D eigenvalue weighted by Gasteiger charge is 2.23. The minimum Gasteiger partial charge on any atom is -0.494 e. The third-order valence-corrected chi connectivity index (χ3v) is 3.27. The van der Waals surface area contributed by atoms with Crippen molar-refractivity contribution in [1.82, 2.24) is 0 Å². The minimum absolute atomic E-state index is 0.381. The molecule has 0 amide bonds. The van der Waals surface area contributed by atoms with E-state index in [2.05, 4.69) is 0 Å². The van der Waals surface area contributed by atoms with Crippen LogP contribution in [0.3, 0.4) is 0 Å². The SMILES string of the molecule is CCOc1cccc(C(O)C(OCC)c2ccccc2)c1. The summed E-state index contributed by atoms with van der Waals surface area (Å²) < 4.78 is 11.2. The zero-order valence-electron chi connectivity index (χ0n) is 12.5. The highest BCUT2D eigenvalue weighted by molar-refractivity contribution is 5.32. The largest absolute Gasteiger partial charge is 0.494 e. The van der Waals surface area contributed by atoms with Crippen LogP contribution in [-0.4, -0.2) is 18.3 Å². The number of hydrogen-bond acceptors (Lipinski definition) is 3. The smallest absolute Gasteiger partial charge is 0.119 e. The molecule has 0 aliphatic carbocycles. The zero-order valence-corrected chi connectivity index (χ0v) is 12.5. The number of rotatable bonds is 7. The third kappa shape index (κ3) is 4.06. The summed E-state index contributed by atoms with van der Waals surface area (Å²) in [5.41, 5.74) is 1.76. The Balaban J connectivity index is 2.26. The topological polar surface area (TPSA) is 38.7 Å². The van der Waals surface area contributed by atoms with Crippen LogP contribution >= 0.6 is 0 Å². The Hall–Kier alpha value is -1.84. The van der Waals surface area contributed by atoms with Gasteiger partial charge in [0.2, 0.25) is 0 Å². The van der Waals surface area contributed by atoms with Crippen LogP contribution in [0.25, 0.3) is 0 Å². The summed E-state index contributed by atoms with van der Waals surface area (Å²) in [4.78, 5) is 0. The third-order valence-electron chi connectivity index (χ3n) is 3.27. The summed E-state index contributed by atoms with van der Waals surface area (Å²) >= 11 is 0. The molecule has 0 bridgehead atoms. The monoisotopic (exact) mass is 286 g/mol. The van der Waals surface area contributed by atoms with Gasteiger partial charge in [-0.15, -0.1) is 0 Å². The summed E-state index contributed by atoms with van der Waals surface area (Å²) in [5, 5.41) is 10.7. The molecule has 21 heavy (non-hydrogen) atoms. The van der Waals surface area contributed by atoms with Gasteiger partial charge in [-0.05, 0) is 37.1 Å². The fourth-order valence-corrected chi connectivity index (χ4v) is 2.32. The van der Waals surface area contributed by atoms with Crippen LogP contribution in [-0.2, 0) is 4.74 Å². The Bertz CT molecular complexity index is 539. The van der Waals surface area contributed by atoms with E-state index in [-0.39, 0.29) is 6.10 Å². The second-order valence-corrected chi connectivity index (χ2v) is 4.74. The van der Waals surface area contributed by atoms with Crippen LogP contribution < -0.4 is 4.74 Å². The number of ether oxygens (including phenoxy) is 2. The van der Waals surface area contributed by atoms with Crippen molar-refractivity contribution in [3.05, 3.63) is 65.7 Å². The van der Waals surface area contributed by atoms with E-state index < -0.39 is 6.10 Å². The first kappa shape index (κ1) is 15.5. The highest BCUT2D eigenvalue weighted by atomic mass is 16.5. The Kier molecular flexibility index (Phi) is 5.78. The van der Waals surface area contributed by atoms with Gasteiger partial charge in [0.05, 0.1) is 6.61 Å². The molecule has 0 aliphatic heterocycles. The first-order valence-electron chi connectivity index (χ1n) is 7.33. The maximum atomic E-state index is 10.7. The van der Waals surface area contributed by atoms with Crippen LogP contribution in [0.15, 0.2) is 54.6 Å². The highest BCUT2D eigenvalue weighted by Crippen LogP contribution is 2.33. The lowest BCUT2D eigenvalue weighted by Gasteiger charge is -2.24. The number of hydrogen-bond donors (Lipinski definition) is 1. The van der Waals surface area contributed by atoms with Gasteiger partial charge in [-0.25, -0.2) is 0 Å². The van der Waals surface area contributed by atoms with E-state index in [1.165, 1.54) is 0 Å². The van der Waals surface area contributed by atoms with Crippen molar-refractivity contribution < 1.29 is 14.6 Å². The number of aliphatic hydroxyl groups excluding tert-OH is 1. The molecule has 112 valence electrons. The molecule has 0 heterocycles. The molecule has 2 aromatic rings. The molecule has 1 N–H and O–H groups in total. The molecule has 2 aromatic carbocycles. The van der Waals surface area contributed by atoms with Gasteiger partial charge in [0.1, 0.15) is 18.0 Å². The van der Waals surface area contributed by atoms with E-state index in [0.717, 1.165) is 16.9 Å². The van der Waals surface area contributed by atoms with Crippen LogP contribution in [0.2, 0.25) is 0 Å². The van der Waals surface area contributed by atoms with Gasteiger partial charge >= 0.3 is 0 Å². The van der Waals surface area contributed by atoms with E-state index in [9.17, 15) is 5.11 Å². The van der Waals surface area contributed by atoms with Crippen molar-refractivity contribution >= 4 is 0 Å². The summed E-state index contributed by atoms with van der Waals surface area (Å²) in [6.07, 6.45) is -1.11. The van der Waals surface area contributed by atoms with Crippen molar-refractivity contribution in [3.8, 4) is 5.75 Å². The molecule has 2 rings (SSSR count). The lowest BCUT2D eigenvalue weighted by molar-refractivity contribution is -0.0362. The normalized spacial score (nSPS) is 13.7. The van der Waals surface area contributed by atoms with Crippen molar-refractivity contribution in [2.45, 2.75) is 26.1 Å². The van der Waals surface area contributed by atoms with E-state index in [1.807, 2.05) is 68.4 Å². The molecular weight excluding hydrogens is 264 g/mol. The van der Waals surface area contributed by atoms with Gasteiger partial charge in [0.25, 0.3) is 0 Å². The molecule has 0 fully saturated rings. The van der Waals surface area contributed by atoms with Crippen molar-refractivity contribution in [2.75, 3.05) is 13.2 Å². The van der Waals surface area contributed by atoms with Gasteiger partial charge in [-0.2, -0.15) is 0 Å². The quantitative estimate of drug-likeness (QED) is 0.839. The first-order valence-corrected chi connectivity index (χ1v) is 7.33. The predicted molar refractivity (Wildman–Crippen MR) is 83.4 cm³/mol. The van der Waals surface area contributed by atoms with Crippen LogP contribution in [0.4, 0.5) is 0 Å². The lowest BCUT2D eigenvalue weighted by Crippen LogP contribution is -2.14. The van der Waals surface area contributed by atoms with E-state index in [4.69, 9.17) is 9.47 Å². The Morgan fingerprint density at radius 1 is 0.905 bits per heavy atom. The molecule has 0 spiro atoms. The molecule has 2 unspecified atom stereocenters. The summed E-state index contributed by atoms with van der Waals surface area (Å²) in [7, 11) is 0. The maximum Gasteiger partial charge on any atom is 0.119 e. The molecule has 3 heteroatoms. The molecule has 0 aliphatic rings. The summed E-state index contributed by atoms with van der Waals surface area (Å²) in [6, 6.07) is 17.3. The van der Waals surface area contributed by atoms with Gasteiger partial charge < -0.3 is 14.6 Å². The Morgan fingerprint density at radius 3 is 2.29 bits per heavy atom. The first-order chi connectivity index (χ1) is 10.3. The predicted octanol–water partition coefficient (Wildman–Crippen LogP) is 3.90. The molecule has 2 atom stereocenters. The van der Waals surface area contributed by atoms with E-state index in [0.29, 0.717) is 13.2 Å². The molecule has 0 aromatic heterocycles. The number of benzene rings is 2. The van der Waals surface area contributed by atoms with Crippen LogP contribution in [0.5, 0.6) is 5.75 Å². The van der Waals surface area contributed by atoms with Crippen LogP contribution in [0, 0.1) is 0 Å². The second kappa shape index (κ2) is 7.81. The summed E-state index contributed by atoms with van der Waals surface area (Å²) in [6.45, 7) is 5.02. The Labute approximate surface area is 126 Å². The fraction of sp³-hybridized carbons (Fsp3) is 0.333. The molecule has 3 nitrogen and oxygen atoms in total. The van der Waals surface area contributed by atoms with Gasteiger partial charge in [0, 0.05) is 6.61 Å². The summed E-state index contributed by atoms with van der Waals surface area (Å²) in [5.74, 6) is 0.761. The zero-order chi connectivity index (χ0) is 15.1. The lowest BCUT2D eigenvalue weighted by atomic mass is 9.98. The average Bonchev–Trinajstić information content (AvgIpc) is 2.53. The van der Waals surface area contributed by atoms with E-state index >= 15 is 0 Å². The van der Waals surface area contributed by atoms with E-state index in [1.54, 1.807) is 0 Å². The van der Waals surface area contributed by atoms with Gasteiger partial charge in [0.15, 0.2) is 0 Å². The van der Waals surface area contributed by atoms with Crippen LogP contribution in [0.1, 0.15) is 37.2 Å². The molecule has 0 saturated carbocycles. The standard InChI is InChI=1S/C18H22O3/c1-3-20-16-12-8-11-15(13-16)17(19)18(21-4-2)14-9-6-5-7-10-14/h5-13,17-19H,3-4H2,1-2H3. The average molecular weight is 286 g/mol. The van der Waals surface area contributed by atoms with Gasteiger partial charge in [-0.3, -0.25) is 0 Å². The maximum absolute atomic E-state index is 10.7. The minimum atomic E-state index is -0.729. The van der Waals surface area contributed by atoms with Crippen molar-refractivity contribution in [3.63, 3.8) is 0 Å². The van der Waals surface area contributed by atoms with Crippen molar-refractivity contribution in [2.24, 2.45) is 0 Å². The molecule has 0 saturated heterocycles. The second-order valence-electron chi connectivity index (χ2n) is 4.74. The molecule has 0 radical (unpaired) electrons. The van der Waals surface area contributed by atoms with Crippen molar-refractivity contribution in [1.29, 1.82) is 0 Å².